The van der Waals surface area contributed by atoms with E-state index in [1.54, 1.807) is 0 Å². The van der Waals surface area contributed by atoms with Crippen LogP contribution < -0.4 is 5.32 Å². The molecule has 1 aromatic rings. The van der Waals surface area contributed by atoms with Gasteiger partial charge >= 0.3 is 0 Å². The third kappa shape index (κ3) is 6.10. The molecule has 1 saturated heterocycles. The maximum absolute atomic E-state index is 12.7. The van der Waals surface area contributed by atoms with Gasteiger partial charge in [0.1, 0.15) is 6.10 Å². The van der Waals surface area contributed by atoms with Gasteiger partial charge in [-0.15, -0.1) is 0 Å². The number of hydroxylamine groups is 2. The van der Waals surface area contributed by atoms with Crippen LogP contribution in [-0.2, 0) is 9.63 Å². The fourth-order valence-electron chi connectivity index (χ4n) is 5.08. The van der Waals surface area contributed by atoms with Gasteiger partial charge in [-0.05, 0) is 57.9 Å². The van der Waals surface area contributed by atoms with E-state index in [0.717, 1.165) is 32.1 Å². The Kier molecular flexibility index (Phi) is 9.57. The Bertz CT molecular complexity index is 679. The first-order valence-corrected chi connectivity index (χ1v) is 12.5. The van der Waals surface area contributed by atoms with Crippen molar-refractivity contribution in [3.63, 3.8) is 0 Å². The molecule has 4 heteroatoms. The van der Waals surface area contributed by atoms with Crippen LogP contribution in [0, 0.1) is 5.92 Å². The number of hydrogen-bond donors (Lipinski definition) is 1. The van der Waals surface area contributed by atoms with Gasteiger partial charge in [-0.3, -0.25) is 9.63 Å². The Morgan fingerprint density at radius 1 is 1.13 bits per heavy atom. The third-order valence-corrected chi connectivity index (χ3v) is 7.81. The van der Waals surface area contributed by atoms with Crippen LogP contribution in [0.1, 0.15) is 112 Å². The molecule has 1 aromatic carbocycles. The monoisotopic (exact) mass is 430 g/mol. The molecule has 1 aliphatic heterocycles. The predicted molar refractivity (Wildman–Crippen MR) is 130 cm³/mol. The summed E-state index contributed by atoms with van der Waals surface area (Å²) in [5.74, 6) is 0.497. The molecule has 0 unspecified atom stereocenters. The molecule has 0 saturated carbocycles. The lowest BCUT2D eigenvalue weighted by Gasteiger charge is -2.60. The van der Waals surface area contributed by atoms with E-state index in [0.29, 0.717) is 12.3 Å². The van der Waals surface area contributed by atoms with Crippen LogP contribution in [0.25, 0.3) is 0 Å². The van der Waals surface area contributed by atoms with Crippen LogP contribution in [0.3, 0.4) is 0 Å². The van der Waals surface area contributed by atoms with Crippen molar-refractivity contribution in [2.24, 2.45) is 5.92 Å². The zero-order chi connectivity index (χ0) is 23.1. The van der Waals surface area contributed by atoms with Crippen LogP contribution in [-0.4, -0.2) is 28.1 Å². The lowest BCUT2D eigenvalue weighted by Crippen LogP contribution is -2.70. The summed E-state index contributed by atoms with van der Waals surface area (Å²) >= 11 is 0. The van der Waals surface area contributed by atoms with Gasteiger partial charge in [0.15, 0.2) is 0 Å². The number of carbonyl (C=O) groups excluding carboxylic acids is 1. The van der Waals surface area contributed by atoms with E-state index in [-0.39, 0.29) is 29.1 Å². The number of rotatable bonds is 11. The zero-order valence-corrected chi connectivity index (χ0v) is 21.0. The van der Waals surface area contributed by atoms with E-state index >= 15 is 0 Å². The highest BCUT2D eigenvalue weighted by atomic mass is 16.7. The second-order valence-corrected chi connectivity index (χ2v) is 9.99. The van der Waals surface area contributed by atoms with Gasteiger partial charge < -0.3 is 5.32 Å². The average molecular weight is 431 g/mol. The van der Waals surface area contributed by atoms with Gasteiger partial charge in [0, 0.05) is 23.5 Å². The summed E-state index contributed by atoms with van der Waals surface area (Å²) in [6.45, 7) is 15.7. The molecule has 5 atom stereocenters. The van der Waals surface area contributed by atoms with E-state index in [2.05, 4.69) is 83.1 Å². The van der Waals surface area contributed by atoms with Gasteiger partial charge in [-0.25, -0.2) is 0 Å². The summed E-state index contributed by atoms with van der Waals surface area (Å²) in [7, 11) is 0. The molecule has 0 aliphatic carbocycles. The van der Waals surface area contributed by atoms with Gasteiger partial charge in [0.05, 0.1) is 0 Å². The maximum atomic E-state index is 12.7. The lowest BCUT2D eigenvalue weighted by atomic mass is 9.68. The van der Waals surface area contributed by atoms with Crippen LogP contribution in [0.5, 0.6) is 0 Å². The number of carbonyl (C=O) groups is 1. The molecule has 176 valence electrons. The molecule has 0 bridgehead atoms. The number of nitrogens with one attached hydrogen (secondary N) is 1. The van der Waals surface area contributed by atoms with E-state index in [1.165, 1.54) is 18.4 Å². The van der Waals surface area contributed by atoms with Gasteiger partial charge in [-0.2, -0.15) is 5.06 Å². The molecule has 1 N–H and O–H groups in total. The quantitative estimate of drug-likeness (QED) is 0.392. The molecule has 1 heterocycles. The second-order valence-electron chi connectivity index (χ2n) is 9.99. The van der Waals surface area contributed by atoms with Crippen molar-refractivity contribution < 1.29 is 9.63 Å². The standard InChI is InChI=1S/C27H46N2O2/c1-8-11-12-16-19-25(30)28-24-20-26(6,9-2)29(27(7,10-3)21(24)4)31-22(5)23-17-14-13-15-18-23/h13-15,17-18,21-22,24H,8-12,16,19-20H2,1-7H3,(H,28,30)/t21-,22-,24-,26+,27-/m1/s1. The number of piperidine rings is 1. The first-order chi connectivity index (χ1) is 14.7. The summed E-state index contributed by atoms with van der Waals surface area (Å²) < 4.78 is 0. The highest BCUT2D eigenvalue weighted by Crippen LogP contribution is 2.47. The highest BCUT2D eigenvalue weighted by Gasteiger charge is 2.54. The summed E-state index contributed by atoms with van der Waals surface area (Å²) in [4.78, 5) is 19.4. The Morgan fingerprint density at radius 2 is 1.81 bits per heavy atom. The minimum Gasteiger partial charge on any atom is -0.353 e. The van der Waals surface area contributed by atoms with Gasteiger partial charge in [0.2, 0.25) is 5.91 Å². The fraction of sp³-hybridized carbons (Fsp3) is 0.741. The molecule has 0 spiro atoms. The molecule has 1 fully saturated rings. The number of hydrogen-bond acceptors (Lipinski definition) is 3. The predicted octanol–water partition coefficient (Wildman–Crippen LogP) is 6.81. The smallest absolute Gasteiger partial charge is 0.220 e. The molecule has 0 radical (unpaired) electrons. The Balaban J connectivity index is 2.18. The minimum absolute atomic E-state index is 0.0187. The number of benzene rings is 1. The lowest BCUT2D eigenvalue weighted by molar-refractivity contribution is -0.327. The molecule has 31 heavy (non-hydrogen) atoms. The van der Waals surface area contributed by atoms with Crippen LogP contribution >= 0.6 is 0 Å². The van der Waals surface area contributed by atoms with Crippen LogP contribution in [0.15, 0.2) is 30.3 Å². The summed E-state index contributed by atoms with van der Waals surface area (Å²) in [5, 5.41) is 5.71. The maximum Gasteiger partial charge on any atom is 0.220 e. The van der Waals surface area contributed by atoms with Crippen molar-refractivity contribution in [3.8, 4) is 0 Å². The minimum atomic E-state index is -0.161. The van der Waals surface area contributed by atoms with E-state index in [9.17, 15) is 4.79 Å². The van der Waals surface area contributed by atoms with E-state index in [1.807, 2.05) is 6.07 Å². The van der Waals surface area contributed by atoms with Crippen molar-refractivity contribution in [1.82, 2.24) is 10.4 Å². The molecule has 1 amide bonds. The molecular weight excluding hydrogens is 384 g/mol. The third-order valence-electron chi connectivity index (χ3n) is 7.81. The SMILES string of the molecule is CCCCCCC(=O)N[C@@H]1C[C@](C)(CC)N(O[C@H](C)c2ccccc2)[C@](C)(CC)[C@@H]1C. The van der Waals surface area contributed by atoms with Crippen molar-refractivity contribution >= 4 is 5.91 Å². The zero-order valence-electron chi connectivity index (χ0n) is 21.0. The van der Waals surface area contributed by atoms with Crippen molar-refractivity contribution in [1.29, 1.82) is 0 Å². The second kappa shape index (κ2) is 11.5. The molecule has 0 aromatic heterocycles. The van der Waals surface area contributed by atoms with Crippen LogP contribution in [0.4, 0.5) is 0 Å². The molecular formula is C27H46N2O2. The Hall–Kier alpha value is -1.39. The van der Waals surface area contributed by atoms with E-state index in [4.69, 9.17) is 4.84 Å². The fourth-order valence-corrected chi connectivity index (χ4v) is 5.08. The largest absolute Gasteiger partial charge is 0.353 e. The molecule has 1 aliphatic rings. The van der Waals surface area contributed by atoms with Crippen molar-refractivity contribution in [2.75, 3.05) is 0 Å². The Morgan fingerprint density at radius 3 is 2.39 bits per heavy atom. The number of nitrogens with zero attached hydrogens (tertiary/aromatic N) is 1. The highest BCUT2D eigenvalue weighted by molar-refractivity contribution is 5.76. The van der Waals surface area contributed by atoms with Crippen molar-refractivity contribution in [3.05, 3.63) is 35.9 Å². The Labute approximate surface area is 191 Å². The topological polar surface area (TPSA) is 41.6 Å². The first kappa shape index (κ1) is 25.9. The summed E-state index contributed by atoms with van der Waals surface area (Å²) in [6, 6.07) is 10.6. The average Bonchev–Trinajstić information content (AvgIpc) is 2.78. The molecule has 4 nitrogen and oxygen atoms in total. The normalized spacial score (nSPS) is 30.2. The van der Waals surface area contributed by atoms with Crippen molar-refractivity contribution in [2.45, 2.75) is 123 Å². The van der Waals surface area contributed by atoms with E-state index < -0.39 is 0 Å². The van der Waals surface area contributed by atoms with Crippen LogP contribution in [0.2, 0.25) is 0 Å². The molecule has 2 rings (SSSR count). The summed E-state index contributed by atoms with van der Waals surface area (Å²) in [5.41, 5.74) is 0.890. The summed E-state index contributed by atoms with van der Waals surface area (Å²) in [6.07, 6.45) is 8.00. The van der Waals surface area contributed by atoms with Gasteiger partial charge in [0.25, 0.3) is 0 Å². The first-order valence-electron chi connectivity index (χ1n) is 12.5. The van der Waals surface area contributed by atoms with Gasteiger partial charge in [-0.1, -0.05) is 77.3 Å². The number of unbranched alkanes of at least 4 members (excludes halogenated alkanes) is 3. The number of amides is 1.